The number of hydrazine groups is 1. The number of allylic oxidation sites excluding steroid dienone is 2. The fourth-order valence-electron chi connectivity index (χ4n) is 12.5. The van der Waals surface area contributed by atoms with Crippen molar-refractivity contribution < 1.29 is 23.6 Å². The first-order chi connectivity index (χ1) is 21.8. The lowest BCUT2D eigenvalue weighted by Crippen LogP contribution is -2.67. The minimum Gasteiger partial charge on any atom is -0.442 e. The van der Waals surface area contributed by atoms with Gasteiger partial charge in [0.05, 0.1) is 12.7 Å². The molecule has 6 aliphatic rings. The molecule has 4 fully saturated rings. The Morgan fingerprint density at radius 1 is 1.04 bits per heavy atom. The molecule has 0 spiro atoms. The van der Waals surface area contributed by atoms with Crippen molar-refractivity contribution in [1.82, 2.24) is 15.2 Å². The number of hydrogen-bond acceptors (Lipinski definition) is 6. The summed E-state index contributed by atoms with van der Waals surface area (Å²) in [5, 5.41) is 7.48. The van der Waals surface area contributed by atoms with E-state index in [0.717, 1.165) is 50.7 Å². The number of amides is 2. The minimum atomic E-state index is -0.649. The van der Waals surface area contributed by atoms with Crippen LogP contribution >= 0.6 is 0 Å². The normalized spacial score (nSPS) is 42.5. The number of carbonyl (C=O) groups excluding carboxylic acids is 3. The zero-order valence-corrected chi connectivity index (χ0v) is 30.5. The van der Waals surface area contributed by atoms with E-state index in [9.17, 15) is 9.59 Å². The van der Waals surface area contributed by atoms with Crippen LogP contribution in [0, 0.1) is 51.2 Å². The summed E-state index contributed by atoms with van der Waals surface area (Å²) in [5.41, 5.74) is 0.984. The molecule has 258 valence electrons. The molecule has 47 heavy (non-hydrogen) atoms. The number of nitrogens with zero attached hydrogens (tertiary/aromatic N) is 3. The molecular weight excluding hydrogens is 590 g/mol. The van der Waals surface area contributed by atoms with Crippen molar-refractivity contribution >= 4 is 17.8 Å². The van der Waals surface area contributed by atoms with Gasteiger partial charge in [0, 0.05) is 29.9 Å². The monoisotopic (exact) mass is 647 g/mol. The molecule has 0 aromatic carbocycles. The molecule has 0 unspecified atom stereocenters. The molecule has 1 saturated heterocycles. The van der Waals surface area contributed by atoms with E-state index in [4.69, 9.17) is 9.26 Å². The summed E-state index contributed by atoms with van der Waals surface area (Å²) in [5.74, 6) is 2.44. The van der Waals surface area contributed by atoms with E-state index >= 15 is 4.79 Å². The van der Waals surface area contributed by atoms with Crippen molar-refractivity contribution in [2.24, 2.45) is 51.2 Å². The fourth-order valence-corrected chi connectivity index (χ4v) is 12.5. The first-order valence-corrected chi connectivity index (χ1v) is 18.3. The predicted octanol–water partition coefficient (Wildman–Crippen LogP) is 7.91. The van der Waals surface area contributed by atoms with Crippen LogP contribution in [-0.2, 0) is 26.2 Å². The molecule has 1 aromatic heterocycles. The van der Waals surface area contributed by atoms with Gasteiger partial charge in [-0.1, -0.05) is 59.2 Å². The third-order valence-corrected chi connectivity index (χ3v) is 15.1. The molecule has 7 rings (SSSR count). The highest BCUT2D eigenvalue weighted by molar-refractivity contribution is 5.95. The smallest absolute Gasteiger partial charge is 0.429 e. The van der Waals surface area contributed by atoms with Crippen LogP contribution in [0.3, 0.4) is 0 Å². The lowest BCUT2D eigenvalue weighted by Gasteiger charge is -2.70. The van der Waals surface area contributed by atoms with E-state index in [-0.39, 0.29) is 50.6 Å². The van der Waals surface area contributed by atoms with Gasteiger partial charge in [-0.15, -0.1) is 0 Å². The standard InChI is InChI=1S/C39H57N3O5/c1-23-11-15-39(22-42-29(44)13-18-41(42)33(45)46-34(3,4)5)17-16-38(10)31(30(39)24(23)2)26(43)19-28-36(8)20-25-21-40-47-32(25)35(6,7)27(36)12-14-37(28,38)9/h19,21,23-24,27,30-31H,11-18,20,22H2,1-10H3/t23-,24+,27+,30+,31-,36+,37-,38-,39-/m1/s1. The van der Waals surface area contributed by atoms with Crippen LogP contribution in [0.5, 0.6) is 0 Å². The van der Waals surface area contributed by atoms with Gasteiger partial charge in [0.15, 0.2) is 5.78 Å². The van der Waals surface area contributed by atoms with Crippen molar-refractivity contribution in [2.75, 3.05) is 13.1 Å². The Kier molecular flexibility index (Phi) is 7.13. The Bertz CT molecular complexity index is 1540. The molecule has 9 atom stereocenters. The molecule has 2 heterocycles. The summed E-state index contributed by atoms with van der Waals surface area (Å²) in [4.78, 5) is 41.8. The van der Waals surface area contributed by atoms with E-state index in [0.29, 0.717) is 37.3 Å². The quantitative estimate of drug-likeness (QED) is 0.324. The highest BCUT2D eigenvalue weighted by Gasteiger charge is 2.70. The maximum absolute atomic E-state index is 15.0. The molecule has 2 amide bonds. The van der Waals surface area contributed by atoms with Crippen LogP contribution in [0.4, 0.5) is 4.79 Å². The number of carbonyl (C=O) groups is 3. The van der Waals surface area contributed by atoms with Gasteiger partial charge in [-0.05, 0) is 117 Å². The van der Waals surface area contributed by atoms with Crippen molar-refractivity contribution in [3.05, 3.63) is 29.2 Å². The summed E-state index contributed by atoms with van der Waals surface area (Å²) in [6, 6.07) is 0. The lowest BCUT2D eigenvalue weighted by molar-refractivity contribution is -0.188. The number of ketones is 1. The van der Waals surface area contributed by atoms with E-state index in [1.54, 1.807) is 10.0 Å². The maximum atomic E-state index is 15.0. The minimum absolute atomic E-state index is 0.0213. The van der Waals surface area contributed by atoms with Gasteiger partial charge in [-0.2, -0.15) is 0 Å². The highest BCUT2D eigenvalue weighted by atomic mass is 16.6. The first-order valence-electron chi connectivity index (χ1n) is 18.3. The average Bonchev–Trinajstić information content (AvgIpc) is 3.58. The summed E-state index contributed by atoms with van der Waals surface area (Å²) in [6.07, 6.45) is 10.8. The van der Waals surface area contributed by atoms with Crippen LogP contribution < -0.4 is 0 Å². The average molecular weight is 648 g/mol. The molecular formula is C39H57N3O5. The van der Waals surface area contributed by atoms with Crippen molar-refractivity contribution in [3.63, 3.8) is 0 Å². The second kappa shape index (κ2) is 10.2. The third kappa shape index (κ3) is 4.43. The Morgan fingerprint density at radius 2 is 1.77 bits per heavy atom. The van der Waals surface area contributed by atoms with Gasteiger partial charge in [0.2, 0.25) is 5.91 Å². The molecule has 0 radical (unpaired) electrons. The molecule has 8 heteroatoms. The van der Waals surface area contributed by atoms with Gasteiger partial charge in [-0.25, -0.2) is 14.8 Å². The molecule has 0 bridgehead atoms. The number of hydrogen-bond donors (Lipinski definition) is 0. The largest absolute Gasteiger partial charge is 0.442 e. The number of aromatic nitrogens is 1. The Morgan fingerprint density at radius 3 is 2.47 bits per heavy atom. The number of fused-ring (bicyclic) bond motifs is 8. The highest BCUT2D eigenvalue weighted by Crippen LogP contribution is 2.74. The lowest BCUT2D eigenvalue weighted by atomic mass is 9.33. The Balaban J connectivity index is 1.29. The van der Waals surface area contributed by atoms with Crippen molar-refractivity contribution in [3.8, 4) is 0 Å². The first kappa shape index (κ1) is 32.9. The maximum Gasteiger partial charge on any atom is 0.429 e. The molecule has 1 aromatic rings. The van der Waals surface area contributed by atoms with E-state index < -0.39 is 11.7 Å². The third-order valence-electron chi connectivity index (χ3n) is 15.1. The van der Waals surface area contributed by atoms with Crippen molar-refractivity contribution in [2.45, 2.75) is 132 Å². The SMILES string of the molecule is C[C@@H]1[C@H]2[C@H]3C(=O)C=C4[C@@]5(C)Cc6cnoc6C(C)(C)[C@@H]5CC[C@@]4(C)[C@]3(C)CC[C@@]2(CN2C(=O)CCN2C(=O)OC(C)(C)C)CC[C@H]1C. The van der Waals surface area contributed by atoms with Crippen LogP contribution in [-0.4, -0.2) is 51.6 Å². The van der Waals surface area contributed by atoms with Gasteiger partial charge < -0.3 is 9.26 Å². The van der Waals surface area contributed by atoms with E-state index in [1.165, 1.54) is 11.1 Å². The molecule has 8 nitrogen and oxygen atoms in total. The number of ether oxygens (including phenoxy) is 1. The molecule has 3 saturated carbocycles. The zero-order chi connectivity index (χ0) is 34.1. The van der Waals surface area contributed by atoms with Gasteiger partial charge in [-0.3, -0.25) is 9.59 Å². The van der Waals surface area contributed by atoms with Crippen LogP contribution in [0.1, 0.15) is 126 Å². The van der Waals surface area contributed by atoms with E-state index in [1.807, 2.05) is 27.0 Å². The van der Waals surface area contributed by atoms with Crippen LogP contribution in [0.15, 0.2) is 22.4 Å². The Hall–Kier alpha value is -2.64. The van der Waals surface area contributed by atoms with Gasteiger partial charge in [0.25, 0.3) is 0 Å². The van der Waals surface area contributed by atoms with Gasteiger partial charge in [0.1, 0.15) is 11.4 Å². The predicted molar refractivity (Wildman–Crippen MR) is 179 cm³/mol. The number of rotatable bonds is 2. The van der Waals surface area contributed by atoms with Crippen LogP contribution in [0.25, 0.3) is 0 Å². The molecule has 0 N–H and O–H groups in total. The summed E-state index contributed by atoms with van der Waals surface area (Å²) < 4.78 is 11.6. The second-order valence-electron chi connectivity index (χ2n) is 18.8. The fraction of sp³-hybridized carbons (Fsp3) is 0.795. The van der Waals surface area contributed by atoms with Gasteiger partial charge >= 0.3 is 6.09 Å². The molecule has 1 aliphatic heterocycles. The molecule has 5 aliphatic carbocycles. The topological polar surface area (TPSA) is 93.0 Å². The van der Waals surface area contributed by atoms with Crippen LogP contribution in [0.2, 0.25) is 0 Å². The second-order valence-corrected chi connectivity index (χ2v) is 18.8. The van der Waals surface area contributed by atoms with E-state index in [2.05, 4.69) is 59.7 Å². The summed E-state index contributed by atoms with van der Waals surface area (Å²) >= 11 is 0. The summed E-state index contributed by atoms with van der Waals surface area (Å²) in [6.45, 7) is 23.0. The van der Waals surface area contributed by atoms with Crippen molar-refractivity contribution in [1.29, 1.82) is 0 Å². The summed E-state index contributed by atoms with van der Waals surface area (Å²) in [7, 11) is 0. The Labute approximate surface area is 281 Å². The zero-order valence-electron chi connectivity index (χ0n) is 30.5.